The van der Waals surface area contributed by atoms with Crippen molar-refractivity contribution in [2.24, 2.45) is 0 Å². The van der Waals surface area contributed by atoms with Gasteiger partial charge in [-0.3, -0.25) is 29.0 Å². The van der Waals surface area contributed by atoms with Crippen molar-refractivity contribution in [3.05, 3.63) is 70.8 Å². The number of unbranched alkanes of at least 4 members (excludes halogenated alkanes) is 1. The third kappa shape index (κ3) is 4.35. The average Bonchev–Trinajstić information content (AvgIpc) is 3.25. The molecule has 176 valence electrons. The zero-order valence-corrected chi connectivity index (χ0v) is 19.5. The molecule has 2 aromatic carbocycles. The fraction of sp³-hybridized carbons (Fsp3) is 0.320. The molecular formula is C25H24N2O6S. The molecule has 0 saturated carbocycles. The molecular weight excluding hydrogens is 456 g/mol. The minimum atomic E-state index is -1.00. The molecule has 0 aromatic heterocycles. The number of hydrogen-bond acceptors (Lipinski definition) is 7. The Hall–Kier alpha value is -3.46. The highest BCUT2D eigenvalue weighted by atomic mass is 32.2. The number of nitrogens with zero attached hydrogens (tertiary/aromatic N) is 2. The molecule has 2 aliphatic heterocycles. The summed E-state index contributed by atoms with van der Waals surface area (Å²) in [7, 11) is 0. The van der Waals surface area contributed by atoms with Crippen molar-refractivity contribution in [2.45, 2.75) is 25.3 Å². The van der Waals surface area contributed by atoms with Gasteiger partial charge in [0.1, 0.15) is 6.04 Å². The predicted octanol–water partition coefficient (Wildman–Crippen LogP) is 3.02. The molecule has 1 unspecified atom stereocenters. The fourth-order valence-corrected chi connectivity index (χ4v) is 4.61. The lowest BCUT2D eigenvalue weighted by Gasteiger charge is -2.24. The molecule has 0 N–H and O–H groups in total. The number of carbonyl (C=O) groups excluding carboxylic acids is 5. The Morgan fingerprint density at radius 3 is 1.82 bits per heavy atom. The van der Waals surface area contributed by atoms with Crippen LogP contribution >= 0.6 is 11.8 Å². The van der Waals surface area contributed by atoms with E-state index in [1.807, 2.05) is 6.26 Å². The Balaban J connectivity index is 1.31. The standard InChI is InChI=1S/C25H24N2O6S/c1-34-15-12-20(27-23(30)18-10-4-5-11-19(18)24(27)31)25(32)33-14-7-6-13-26-21(28)16-8-2-3-9-17(16)22(26)29/h2-5,8-11,20H,6-7,12-15H2,1H3. The topological polar surface area (TPSA) is 101 Å². The van der Waals surface area contributed by atoms with E-state index in [0.29, 0.717) is 36.1 Å². The van der Waals surface area contributed by atoms with E-state index in [1.165, 1.54) is 16.7 Å². The highest BCUT2D eigenvalue weighted by Gasteiger charge is 2.43. The molecule has 34 heavy (non-hydrogen) atoms. The minimum Gasteiger partial charge on any atom is -0.464 e. The van der Waals surface area contributed by atoms with Crippen LogP contribution in [0.15, 0.2) is 48.5 Å². The van der Waals surface area contributed by atoms with Gasteiger partial charge in [-0.1, -0.05) is 24.3 Å². The summed E-state index contributed by atoms with van der Waals surface area (Å²) < 4.78 is 5.41. The third-order valence-corrected chi connectivity index (χ3v) is 6.55. The number of fused-ring (bicyclic) bond motifs is 2. The van der Waals surface area contributed by atoms with Crippen molar-refractivity contribution in [3.63, 3.8) is 0 Å². The van der Waals surface area contributed by atoms with Gasteiger partial charge in [0, 0.05) is 6.54 Å². The molecule has 0 saturated heterocycles. The monoisotopic (exact) mass is 480 g/mol. The summed E-state index contributed by atoms with van der Waals surface area (Å²) >= 11 is 1.51. The normalized spacial score (nSPS) is 15.6. The van der Waals surface area contributed by atoms with Gasteiger partial charge >= 0.3 is 5.97 Å². The van der Waals surface area contributed by atoms with Crippen LogP contribution in [0.25, 0.3) is 0 Å². The summed E-state index contributed by atoms with van der Waals surface area (Å²) in [4.78, 5) is 65.5. The summed E-state index contributed by atoms with van der Waals surface area (Å²) in [5, 5.41) is 0. The molecule has 0 spiro atoms. The van der Waals surface area contributed by atoms with Crippen LogP contribution in [0.2, 0.25) is 0 Å². The molecule has 0 aliphatic carbocycles. The van der Waals surface area contributed by atoms with Crippen LogP contribution in [0.3, 0.4) is 0 Å². The van der Waals surface area contributed by atoms with Crippen molar-refractivity contribution in [1.29, 1.82) is 0 Å². The Morgan fingerprint density at radius 2 is 1.32 bits per heavy atom. The van der Waals surface area contributed by atoms with Gasteiger partial charge in [-0.25, -0.2) is 4.79 Å². The van der Waals surface area contributed by atoms with Crippen LogP contribution < -0.4 is 0 Å². The Morgan fingerprint density at radius 1 is 0.824 bits per heavy atom. The van der Waals surface area contributed by atoms with Gasteiger partial charge < -0.3 is 4.74 Å². The lowest BCUT2D eigenvalue weighted by atomic mass is 10.1. The van der Waals surface area contributed by atoms with Gasteiger partial charge in [0.2, 0.25) is 0 Å². The third-order valence-electron chi connectivity index (χ3n) is 5.90. The molecule has 1 atom stereocenters. The van der Waals surface area contributed by atoms with Crippen LogP contribution in [0, 0.1) is 0 Å². The zero-order chi connectivity index (χ0) is 24.2. The van der Waals surface area contributed by atoms with Crippen molar-refractivity contribution >= 4 is 41.4 Å². The number of amides is 4. The maximum absolute atomic E-state index is 12.9. The Kier molecular flexibility index (Phi) is 7.12. The fourth-order valence-electron chi connectivity index (χ4n) is 4.16. The zero-order valence-electron chi connectivity index (χ0n) is 18.7. The van der Waals surface area contributed by atoms with E-state index in [2.05, 4.69) is 0 Å². The number of hydrogen-bond donors (Lipinski definition) is 0. The highest BCUT2D eigenvalue weighted by molar-refractivity contribution is 7.98. The van der Waals surface area contributed by atoms with Crippen molar-refractivity contribution < 1.29 is 28.7 Å². The number of esters is 1. The maximum atomic E-state index is 12.9. The first kappa shape index (κ1) is 23.7. The quantitative estimate of drug-likeness (QED) is 0.293. The van der Waals surface area contributed by atoms with Gasteiger partial charge in [-0.15, -0.1) is 0 Å². The van der Waals surface area contributed by atoms with E-state index in [0.717, 1.165) is 4.90 Å². The van der Waals surface area contributed by atoms with E-state index in [1.54, 1.807) is 48.5 Å². The lowest BCUT2D eigenvalue weighted by Crippen LogP contribution is -2.46. The van der Waals surface area contributed by atoms with Gasteiger partial charge in [0.25, 0.3) is 23.6 Å². The van der Waals surface area contributed by atoms with E-state index in [9.17, 15) is 24.0 Å². The number of ether oxygens (including phenoxy) is 1. The predicted molar refractivity (Wildman–Crippen MR) is 126 cm³/mol. The highest BCUT2D eigenvalue weighted by Crippen LogP contribution is 2.27. The number of rotatable bonds is 10. The van der Waals surface area contributed by atoms with Gasteiger partial charge in [0.15, 0.2) is 0 Å². The first-order valence-electron chi connectivity index (χ1n) is 11.0. The number of thioether (sulfide) groups is 1. The largest absolute Gasteiger partial charge is 0.464 e. The van der Waals surface area contributed by atoms with Gasteiger partial charge in [-0.05, 0) is 55.5 Å². The summed E-state index contributed by atoms with van der Waals surface area (Å²) in [6.07, 6.45) is 3.06. The smallest absolute Gasteiger partial charge is 0.329 e. The average molecular weight is 481 g/mol. The summed E-state index contributed by atoms with van der Waals surface area (Å²) in [5.41, 5.74) is 1.37. The van der Waals surface area contributed by atoms with Crippen LogP contribution in [0.4, 0.5) is 0 Å². The Labute approximate surface area is 201 Å². The summed E-state index contributed by atoms with van der Waals surface area (Å²) in [5.74, 6) is -1.68. The second-order valence-electron chi connectivity index (χ2n) is 8.01. The molecule has 0 bridgehead atoms. The number of carbonyl (C=O) groups is 5. The Bertz CT molecular complexity index is 1090. The van der Waals surface area contributed by atoms with E-state index < -0.39 is 23.8 Å². The second kappa shape index (κ2) is 10.2. The molecule has 9 heteroatoms. The number of imide groups is 2. The minimum absolute atomic E-state index is 0.0565. The molecule has 0 fully saturated rings. The lowest BCUT2D eigenvalue weighted by molar-refractivity contribution is -0.148. The maximum Gasteiger partial charge on any atom is 0.329 e. The van der Waals surface area contributed by atoms with Crippen molar-refractivity contribution in [3.8, 4) is 0 Å². The molecule has 0 radical (unpaired) electrons. The molecule has 2 aliphatic rings. The van der Waals surface area contributed by atoms with E-state index >= 15 is 0 Å². The van der Waals surface area contributed by atoms with Gasteiger partial charge in [0.05, 0.1) is 28.9 Å². The molecule has 4 amide bonds. The van der Waals surface area contributed by atoms with Crippen molar-refractivity contribution in [2.75, 3.05) is 25.2 Å². The van der Waals surface area contributed by atoms with E-state index in [-0.39, 0.29) is 36.1 Å². The van der Waals surface area contributed by atoms with Crippen molar-refractivity contribution in [1.82, 2.24) is 9.80 Å². The summed E-state index contributed by atoms with van der Waals surface area (Å²) in [6, 6.07) is 12.2. The molecule has 2 heterocycles. The van der Waals surface area contributed by atoms with Crippen LogP contribution in [0.5, 0.6) is 0 Å². The van der Waals surface area contributed by atoms with Crippen LogP contribution in [-0.2, 0) is 9.53 Å². The molecule has 4 rings (SSSR count). The SMILES string of the molecule is CSCCC(C(=O)OCCCCN1C(=O)c2ccccc2C1=O)N1C(=O)c2ccccc2C1=O. The van der Waals surface area contributed by atoms with E-state index in [4.69, 9.17) is 4.74 Å². The molecule has 2 aromatic rings. The first-order valence-corrected chi connectivity index (χ1v) is 12.4. The van der Waals surface area contributed by atoms with Crippen LogP contribution in [-0.4, -0.2) is 70.6 Å². The number of benzene rings is 2. The first-order chi connectivity index (χ1) is 16.5. The second-order valence-corrected chi connectivity index (χ2v) is 8.99. The molecule has 8 nitrogen and oxygen atoms in total. The van der Waals surface area contributed by atoms with Crippen LogP contribution in [0.1, 0.15) is 60.7 Å². The van der Waals surface area contributed by atoms with Gasteiger partial charge in [-0.2, -0.15) is 11.8 Å². The summed E-state index contributed by atoms with van der Waals surface area (Å²) in [6.45, 7) is 0.277.